The zero-order valence-corrected chi connectivity index (χ0v) is 11.6. The summed E-state index contributed by atoms with van der Waals surface area (Å²) in [6.45, 7) is 0. The van der Waals surface area contributed by atoms with E-state index >= 15 is 0 Å². The molecule has 0 heterocycles. The summed E-state index contributed by atoms with van der Waals surface area (Å²) in [7, 11) is 0. The van der Waals surface area contributed by atoms with Gasteiger partial charge in [-0.2, -0.15) is 0 Å². The van der Waals surface area contributed by atoms with Crippen molar-refractivity contribution in [2.24, 2.45) is 0 Å². The summed E-state index contributed by atoms with van der Waals surface area (Å²) < 4.78 is 0. The third-order valence-electron chi connectivity index (χ3n) is 3.48. The third-order valence-corrected chi connectivity index (χ3v) is 3.48. The number of nitrogens with two attached hydrogens (primary N) is 4. The highest BCUT2D eigenvalue weighted by molar-refractivity contribution is 5.56. The number of unbranched alkanes of at least 4 members (excludes halogenated alkanes) is 1. The van der Waals surface area contributed by atoms with Crippen molar-refractivity contribution in [1.82, 2.24) is 0 Å². The summed E-state index contributed by atoms with van der Waals surface area (Å²) in [4.78, 5) is 0. The van der Waals surface area contributed by atoms with E-state index in [1.54, 1.807) is 0 Å². The Morgan fingerprint density at radius 1 is 0.600 bits per heavy atom. The SMILES string of the molecule is Nc1ccc(N)c(CCCCc2cc(N)ccc2N)c1. The van der Waals surface area contributed by atoms with Gasteiger partial charge in [-0.05, 0) is 73.2 Å². The second-order valence-electron chi connectivity index (χ2n) is 5.12. The van der Waals surface area contributed by atoms with E-state index in [4.69, 9.17) is 22.9 Å². The molecule has 2 aromatic carbocycles. The van der Waals surface area contributed by atoms with Crippen LogP contribution in [-0.4, -0.2) is 0 Å². The molecule has 0 fully saturated rings. The van der Waals surface area contributed by atoms with Gasteiger partial charge in [-0.25, -0.2) is 0 Å². The summed E-state index contributed by atoms with van der Waals surface area (Å²) in [6.07, 6.45) is 3.95. The lowest BCUT2D eigenvalue weighted by Gasteiger charge is -2.08. The molecule has 0 unspecified atom stereocenters. The molecule has 0 spiro atoms. The second-order valence-corrected chi connectivity index (χ2v) is 5.12. The molecule has 8 N–H and O–H groups in total. The van der Waals surface area contributed by atoms with Gasteiger partial charge in [0.25, 0.3) is 0 Å². The van der Waals surface area contributed by atoms with Crippen LogP contribution in [0.25, 0.3) is 0 Å². The Morgan fingerprint density at radius 3 is 1.40 bits per heavy atom. The number of hydrogen-bond acceptors (Lipinski definition) is 4. The van der Waals surface area contributed by atoms with Crippen LogP contribution < -0.4 is 22.9 Å². The number of nitrogen functional groups attached to an aromatic ring is 4. The first-order chi connectivity index (χ1) is 9.56. The molecule has 0 atom stereocenters. The molecule has 106 valence electrons. The molecule has 2 aromatic rings. The molecule has 0 radical (unpaired) electrons. The van der Waals surface area contributed by atoms with Gasteiger partial charge in [0.2, 0.25) is 0 Å². The van der Waals surface area contributed by atoms with Crippen LogP contribution in [0.1, 0.15) is 24.0 Å². The predicted molar refractivity (Wildman–Crippen MR) is 87.2 cm³/mol. The molecule has 0 saturated carbocycles. The third kappa shape index (κ3) is 3.57. The van der Waals surface area contributed by atoms with Crippen molar-refractivity contribution in [3.8, 4) is 0 Å². The summed E-state index contributed by atoms with van der Waals surface area (Å²) >= 11 is 0. The Morgan fingerprint density at radius 2 is 1.00 bits per heavy atom. The van der Waals surface area contributed by atoms with Crippen LogP contribution in [0.2, 0.25) is 0 Å². The fourth-order valence-corrected chi connectivity index (χ4v) is 2.32. The Hall–Kier alpha value is -2.36. The van der Waals surface area contributed by atoms with E-state index in [0.29, 0.717) is 0 Å². The minimum atomic E-state index is 0.759. The van der Waals surface area contributed by atoms with Crippen LogP contribution in [0.15, 0.2) is 36.4 Å². The van der Waals surface area contributed by atoms with E-state index in [0.717, 1.165) is 59.6 Å². The van der Waals surface area contributed by atoms with Crippen LogP contribution in [0, 0.1) is 0 Å². The van der Waals surface area contributed by atoms with Gasteiger partial charge < -0.3 is 22.9 Å². The smallest absolute Gasteiger partial charge is 0.0348 e. The average Bonchev–Trinajstić information content (AvgIpc) is 2.42. The minimum absolute atomic E-state index is 0.759. The van der Waals surface area contributed by atoms with E-state index < -0.39 is 0 Å². The first-order valence-corrected chi connectivity index (χ1v) is 6.84. The van der Waals surface area contributed by atoms with Gasteiger partial charge in [-0.1, -0.05) is 0 Å². The fraction of sp³-hybridized carbons (Fsp3) is 0.250. The quantitative estimate of drug-likeness (QED) is 0.495. The standard InChI is InChI=1S/C16H22N4/c17-13-5-7-15(19)11(9-13)3-1-2-4-12-10-14(18)6-8-16(12)20/h5-10H,1-4,17-20H2. The lowest BCUT2D eigenvalue weighted by Crippen LogP contribution is -1.99. The lowest BCUT2D eigenvalue weighted by atomic mass is 10.0. The highest BCUT2D eigenvalue weighted by atomic mass is 14.6. The van der Waals surface area contributed by atoms with Crippen molar-refractivity contribution >= 4 is 22.7 Å². The monoisotopic (exact) mass is 270 g/mol. The first-order valence-electron chi connectivity index (χ1n) is 6.84. The maximum atomic E-state index is 5.93. The highest BCUT2D eigenvalue weighted by Crippen LogP contribution is 2.21. The van der Waals surface area contributed by atoms with Crippen molar-refractivity contribution in [2.75, 3.05) is 22.9 Å². The van der Waals surface area contributed by atoms with E-state index in [1.807, 2.05) is 36.4 Å². The minimum Gasteiger partial charge on any atom is -0.399 e. The molecule has 0 aromatic heterocycles. The zero-order valence-electron chi connectivity index (χ0n) is 11.6. The second kappa shape index (κ2) is 6.19. The Bertz CT molecular complexity index is 540. The van der Waals surface area contributed by atoms with Crippen LogP contribution in [0.5, 0.6) is 0 Å². The number of aryl methyl sites for hydroxylation is 2. The van der Waals surface area contributed by atoms with E-state index in [1.165, 1.54) is 0 Å². The van der Waals surface area contributed by atoms with Crippen molar-refractivity contribution < 1.29 is 0 Å². The molecule has 4 nitrogen and oxygen atoms in total. The van der Waals surface area contributed by atoms with Gasteiger partial charge in [0.05, 0.1) is 0 Å². The Balaban J connectivity index is 1.87. The molecular formula is C16H22N4. The number of hydrogen-bond donors (Lipinski definition) is 4. The first kappa shape index (κ1) is 14.1. The van der Waals surface area contributed by atoms with Crippen LogP contribution >= 0.6 is 0 Å². The van der Waals surface area contributed by atoms with Crippen molar-refractivity contribution in [2.45, 2.75) is 25.7 Å². The largest absolute Gasteiger partial charge is 0.399 e. The van der Waals surface area contributed by atoms with Crippen molar-refractivity contribution in [3.05, 3.63) is 47.5 Å². The Labute approximate surface area is 119 Å². The van der Waals surface area contributed by atoms with Crippen LogP contribution in [0.3, 0.4) is 0 Å². The molecule has 2 rings (SSSR count). The molecule has 0 aliphatic carbocycles. The molecule has 20 heavy (non-hydrogen) atoms. The van der Waals surface area contributed by atoms with Gasteiger partial charge >= 0.3 is 0 Å². The average molecular weight is 270 g/mol. The summed E-state index contributed by atoms with van der Waals surface area (Å²) in [5.74, 6) is 0. The maximum absolute atomic E-state index is 5.93. The van der Waals surface area contributed by atoms with E-state index in [9.17, 15) is 0 Å². The van der Waals surface area contributed by atoms with Crippen molar-refractivity contribution in [3.63, 3.8) is 0 Å². The van der Waals surface area contributed by atoms with Gasteiger partial charge in [0.1, 0.15) is 0 Å². The zero-order chi connectivity index (χ0) is 14.5. The van der Waals surface area contributed by atoms with Crippen LogP contribution in [0.4, 0.5) is 22.7 Å². The molecular weight excluding hydrogens is 248 g/mol. The maximum Gasteiger partial charge on any atom is 0.0348 e. The topological polar surface area (TPSA) is 104 Å². The summed E-state index contributed by atoms with van der Waals surface area (Å²) in [5.41, 5.74) is 28.8. The lowest BCUT2D eigenvalue weighted by molar-refractivity contribution is 0.736. The highest BCUT2D eigenvalue weighted by Gasteiger charge is 2.02. The van der Waals surface area contributed by atoms with Gasteiger partial charge in [-0.3, -0.25) is 0 Å². The van der Waals surface area contributed by atoms with Crippen LogP contribution in [-0.2, 0) is 12.8 Å². The van der Waals surface area contributed by atoms with E-state index in [2.05, 4.69) is 0 Å². The van der Waals surface area contributed by atoms with E-state index in [-0.39, 0.29) is 0 Å². The van der Waals surface area contributed by atoms with Crippen molar-refractivity contribution in [1.29, 1.82) is 0 Å². The number of rotatable bonds is 5. The predicted octanol–water partition coefficient (Wildman–Crippen LogP) is 2.58. The molecule has 0 aliphatic rings. The molecule has 0 aliphatic heterocycles. The molecule has 0 saturated heterocycles. The molecule has 0 amide bonds. The summed E-state index contributed by atoms with van der Waals surface area (Å²) in [6, 6.07) is 11.3. The molecule has 4 heteroatoms. The molecule has 0 bridgehead atoms. The van der Waals surface area contributed by atoms with Gasteiger partial charge in [0, 0.05) is 22.7 Å². The fourth-order valence-electron chi connectivity index (χ4n) is 2.32. The van der Waals surface area contributed by atoms with Gasteiger partial charge in [-0.15, -0.1) is 0 Å². The normalized spacial score (nSPS) is 10.6. The van der Waals surface area contributed by atoms with Gasteiger partial charge in [0.15, 0.2) is 0 Å². The number of anilines is 4. The summed E-state index contributed by atoms with van der Waals surface area (Å²) in [5, 5.41) is 0. The number of benzene rings is 2. The Kier molecular flexibility index (Phi) is 4.35.